The van der Waals surface area contributed by atoms with Gasteiger partial charge in [0.2, 0.25) is 0 Å². The molecule has 1 aromatic rings. The Hall–Kier alpha value is -2.61. The van der Waals surface area contributed by atoms with Crippen molar-refractivity contribution in [2.45, 2.75) is 78.7 Å². The molecule has 1 saturated heterocycles. The van der Waals surface area contributed by atoms with Crippen LogP contribution in [0.5, 0.6) is 0 Å². The van der Waals surface area contributed by atoms with Gasteiger partial charge in [0.1, 0.15) is 17.5 Å². The van der Waals surface area contributed by atoms with E-state index in [1.165, 1.54) is 0 Å². The highest BCUT2D eigenvalue weighted by molar-refractivity contribution is 6.10. The Kier molecular flexibility index (Phi) is 6.32. The van der Waals surface area contributed by atoms with E-state index in [1.807, 2.05) is 46.8 Å². The second-order valence-corrected chi connectivity index (χ2v) is 10.3. The molecule has 2 fully saturated rings. The predicted octanol–water partition coefficient (Wildman–Crippen LogP) is 4.28. The third-order valence-corrected chi connectivity index (χ3v) is 6.49. The van der Waals surface area contributed by atoms with Gasteiger partial charge < -0.3 is 10.2 Å². The van der Waals surface area contributed by atoms with Crippen LogP contribution in [0.25, 0.3) is 0 Å². The number of aryl methyl sites for hydroxylation is 2. The Morgan fingerprint density at radius 3 is 2.03 bits per heavy atom. The fourth-order valence-electron chi connectivity index (χ4n) is 5.09. The fourth-order valence-corrected chi connectivity index (χ4v) is 5.09. The molecule has 1 saturated carbocycles. The predicted molar refractivity (Wildman–Crippen MR) is 122 cm³/mol. The van der Waals surface area contributed by atoms with E-state index in [1.54, 1.807) is 11.8 Å². The highest BCUT2D eigenvalue weighted by atomic mass is 16.2. The first-order valence-corrected chi connectivity index (χ1v) is 11.1. The lowest BCUT2D eigenvalue weighted by Crippen LogP contribution is -2.53. The number of Topliss-reactive ketones (excluding diaryl/α,β-unsaturated/α-hetero) is 2. The zero-order valence-corrected chi connectivity index (χ0v) is 19.6. The standard InChI is InChI=1S/C26H34N2O3/c1-7-8-19-13-17(2)22(18(3)14-19)23-20(29)15-26(16-21(23)30)9-11-28(12-10-26)24(31)27-25(4,5)6/h13-14,23H,9-12,15-16H2,1-6H3,(H,27,31). The first-order valence-electron chi connectivity index (χ1n) is 11.1. The van der Waals surface area contributed by atoms with Crippen molar-refractivity contribution in [2.75, 3.05) is 13.1 Å². The SMILES string of the molecule is CC#Cc1cc(C)c(C2C(=O)CC3(CCN(C(=O)NC(C)(C)C)CC3)CC2=O)c(C)c1. The maximum Gasteiger partial charge on any atom is 0.317 e. The van der Waals surface area contributed by atoms with E-state index >= 15 is 0 Å². The molecule has 1 aromatic carbocycles. The van der Waals surface area contributed by atoms with Crippen LogP contribution in [0.4, 0.5) is 4.79 Å². The molecule has 1 heterocycles. The van der Waals surface area contributed by atoms with Crippen molar-refractivity contribution in [1.82, 2.24) is 10.2 Å². The smallest absolute Gasteiger partial charge is 0.317 e. The van der Waals surface area contributed by atoms with Gasteiger partial charge in [-0.1, -0.05) is 5.92 Å². The number of piperidine rings is 1. The second-order valence-electron chi connectivity index (χ2n) is 10.3. The Labute approximate surface area is 186 Å². The molecule has 2 amide bonds. The van der Waals surface area contributed by atoms with Gasteiger partial charge in [0.15, 0.2) is 0 Å². The molecule has 1 N–H and O–H groups in total. The van der Waals surface area contributed by atoms with Gasteiger partial charge in [-0.2, -0.15) is 0 Å². The molecule has 5 heteroatoms. The van der Waals surface area contributed by atoms with Crippen molar-refractivity contribution >= 4 is 17.6 Å². The van der Waals surface area contributed by atoms with Crippen molar-refractivity contribution < 1.29 is 14.4 Å². The van der Waals surface area contributed by atoms with Crippen molar-refractivity contribution in [1.29, 1.82) is 0 Å². The number of urea groups is 1. The zero-order chi connectivity index (χ0) is 23.0. The number of ketones is 2. The molecule has 31 heavy (non-hydrogen) atoms. The molecule has 0 unspecified atom stereocenters. The van der Waals surface area contributed by atoms with Gasteiger partial charge in [-0.15, -0.1) is 5.92 Å². The van der Waals surface area contributed by atoms with Crippen LogP contribution in [-0.2, 0) is 9.59 Å². The third-order valence-electron chi connectivity index (χ3n) is 6.49. The Morgan fingerprint density at radius 2 is 1.58 bits per heavy atom. The minimum absolute atomic E-state index is 0.0179. The van der Waals surface area contributed by atoms with Crippen LogP contribution in [0, 0.1) is 31.1 Å². The van der Waals surface area contributed by atoms with Crippen molar-refractivity contribution in [3.63, 3.8) is 0 Å². The summed E-state index contributed by atoms with van der Waals surface area (Å²) in [5.41, 5.74) is 3.08. The number of benzene rings is 1. The van der Waals surface area contributed by atoms with Crippen LogP contribution in [0.1, 0.15) is 81.5 Å². The van der Waals surface area contributed by atoms with Gasteiger partial charge >= 0.3 is 6.03 Å². The molecule has 3 rings (SSSR count). The molecule has 0 aromatic heterocycles. The molecule has 0 atom stereocenters. The van der Waals surface area contributed by atoms with Gasteiger partial charge in [0, 0.05) is 37.0 Å². The van der Waals surface area contributed by atoms with Crippen molar-refractivity contribution in [2.24, 2.45) is 5.41 Å². The van der Waals surface area contributed by atoms with Crippen LogP contribution in [-0.4, -0.2) is 41.1 Å². The van der Waals surface area contributed by atoms with Crippen molar-refractivity contribution in [3.05, 3.63) is 34.4 Å². The lowest BCUT2D eigenvalue weighted by molar-refractivity contribution is -0.138. The lowest BCUT2D eigenvalue weighted by atomic mass is 9.62. The molecule has 0 radical (unpaired) electrons. The second kappa shape index (κ2) is 8.49. The van der Waals surface area contributed by atoms with Gasteiger partial charge in [-0.25, -0.2) is 4.79 Å². The summed E-state index contributed by atoms with van der Waals surface area (Å²) in [5, 5.41) is 3.00. The van der Waals surface area contributed by atoms with Gasteiger partial charge in [-0.3, -0.25) is 9.59 Å². The van der Waals surface area contributed by atoms with E-state index < -0.39 is 5.92 Å². The van der Waals surface area contributed by atoms with Crippen molar-refractivity contribution in [3.8, 4) is 11.8 Å². The Balaban J connectivity index is 1.74. The molecular formula is C26H34N2O3. The quantitative estimate of drug-likeness (QED) is 0.543. The summed E-state index contributed by atoms with van der Waals surface area (Å²) >= 11 is 0. The van der Waals surface area contributed by atoms with Gasteiger partial charge in [-0.05, 0) is 88.6 Å². The molecule has 1 spiro atoms. The molecule has 1 aliphatic carbocycles. The average Bonchev–Trinajstić information content (AvgIpc) is 2.62. The number of carbonyl (C=O) groups excluding carboxylic acids is 3. The molecular weight excluding hydrogens is 388 g/mol. The van der Waals surface area contributed by atoms with E-state index in [4.69, 9.17) is 0 Å². The van der Waals surface area contributed by atoms with E-state index in [9.17, 15) is 14.4 Å². The minimum Gasteiger partial charge on any atom is -0.333 e. The summed E-state index contributed by atoms with van der Waals surface area (Å²) in [6, 6.07) is 3.86. The number of amides is 2. The fraction of sp³-hybridized carbons (Fsp3) is 0.577. The van der Waals surface area contributed by atoms with E-state index in [0.717, 1.165) is 22.3 Å². The number of likely N-dealkylation sites (tertiary alicyclic amines) is 1. The zero-order valence-electron chi connectivity index (χ0n) is 19.6. The van der Waals surface area contributed by atoms with Crippen LogP contribution in [0.15, 0.2) is 12.1 Å². The van der Waals surface area contributed by atoms with Gasteiger partial charge in [0.05, 0.1) is 0 Å². The van der Waals surface area contributed by atoms with E-state index in [2.05, 4.69) is 17.2 Å². The Bertz CT molecular complexity index is 924. The summed E-state index contributed by atoms with van der Waals surface area (Å²) in [7, 11) is 0. The summed E-state index contributed by atoms with van der Waals surface area (Å²) in [6.45, 7) is 12.7. The largest absolute Gasteiger partial charge is 0.333 e. The molecule has 166 valence electrons. The van der Waals surface area contributed by atoms with Crippen LogP contribution in [0.3, 0.4) is 0 Å². The number of nitrogens with one attached hydrogen (secondary N) is 1. The summed E-state index contributed by atoms with van der Waals surface area (Å²) in [5.74, 6) is 5.33. The maximum absolute atomic E-state index is 13.3. The average molecular weight is 423 g/mol. The lowest BCUT2D eigenvalue weighted by Gasteiger charge is -2.45. The highest BCUT2D eigenvalue weighted by Gasteiger charge is 2.47. The van der Waals surface area contributed by atoms with E-state index in [0.29, 0.717) is 38.8 Å². The highest BCUT2D eigenvalue weighted by Crippen LogP contribution is 2.46. The number of hydrogen-bond acceptors (Lipinski definition) is 3. The maximum atomic E-state index is 13.3. The minimum atomic E-state index is -0.670. The van der Waals surface area contributed by atoms with Crippen LogP contribution >= 0.6 is 0 Å². The topological polar surface area (TPSA) is 66.5 Å². The number of hydrogen-bond donors (Lipinski definition) is 1. The normalized spacial score (nSPS) is 19.2. The number of carbonyl (C=O) groups is 3. The van der Waals surface area contributed by atoms with Gasteiger partial charge in [0.25, 0.3) is 0 Å². The monoisotopic (exact) mass is 422 g/mol. The first kappa shape index (κ1) is 23.1. The van der Waals surface area contributed by atoms with Crippen LogP contribution in [0.2, 0.25) is 0 Å². The Morgan fingerprint density at radius 1 is 1.06 bits per heavy atom. The molecule has 2 aliphatic rings. The van der Waals surface area contributed by atoms with E-state index in [-0.39, 0.29) is 28.6 Å². The summed E-state index contributed by atoms with van der Waals surface area (Å²) < 4.78 is 0. The first-order chi connectivity index (χ1) is 14.4. The molecule has 5 nitrogen and oxygen atoms in total. The third kappa shape index (κ3) is 5.01. The number of rotatable bonds is 1. The summed E-state index contributed by atoms with van der Waals surface area (Å²) in [4.78, 5) is 40.8. The molecule has 0 bridgehead atoms. The van der Waals surface area contributed by atoms with Crippen LogP contribution < -0.4 is 5.32 Å². The summed E-state index contributed by atoms with van der Waals surface area (Å²) in [6.07, 6.45) is 2.20. The molecule has 1 aliphatic heterocycles. The number of nitrogens with zero attached hydrogens (tertiary/aromatic N) is 1.